The highest BCUT2D eigenvalue weighted by Crippen LogP contribution is 2.17. The number of benzene rings is 2. The van der Waals surface area contributed by atoms with Crippen molar-refractivity contribution in [3.05, 3.63) is 60.2 Å². The van der Waals surface area contributed by atoms with E-state index >= 15 is 0 Å². The minimum atomic E-state index is -3.74. The second-order valence-corrected chi connectivity index (χ2v) is 6.33. The summed E-state index contributed by atoms with van der Waals surface area (Å²) in [4.78, 5) is 22.6. The molecule has 0 aromatic heterocycles. The first kappa shape index (κ1) is 16.5. The fourth-order valence-electron chi connectivity index (χ4n) is 1.81. The molecule has 2 rings (SSSR count). The maximum Gasteiger partial charge on any atom is 0.261 e. The molecule has 2 aromatic carbocycles. The quantitative estimate of drug-likeness (QED) is 0.721. The maximum absolute atomic E-state index is 12.2. The number of anilines is 1. The minimum Gasteiger partial charge on any atom is -0.368 e. The molecule has 0 bridgehead atoms. The number of hydrogen-bond acceptors (Lipinski definition) is 4. The van der Waals surface area contributed by atoms with E-state index in [1.54, 1.807) is 18.2 Å². The van der Waals surface area contributed by atoms with Gasteiger partial charge in [0.15, 0.2) is 0 Å². The first-order valence-electron chi connectivity index (χ1n) is 6.63. The van der Waals surface area contributed by atoms with Crippen molar-refractivity contribution in [3.8, 4) is 0 Å². The van der Waals surface area contributed by atoms with Gasteiger partial charge in [-0.15, -0.1) is 0 Å². The molecule has 0 radical (unpaired) electrons. The van der Waals surface area contributed by atoms with E-state index in [1.807, 2.05) is 0 Å². The van der Waals surface area contributed by atoms with Gasteiger partial charge in [-0.25, -0.2) is 8.42 Å². The normalized spacial score (nSPS) is 10.8. The summed E-state index contributed by atoms with van der Waals surface area (Å²) in [5, 5.41) is 2.33. The second kappa shape index (κ2) is 6.93. The van der Waals surface area contributed by atoms with Crippen molar-refractivity contribution in [2.45, 2.75) is 4.90 Å². The lowest BCUT2D eigenvalue weighted by atomic mass is 10.2. The van der Waals surface area contributed by atoms with Gasteiger partial charge in [0, 0.05) is 11.3 Å². The average Bonchev–Trinajstić information content (AvgIpc) is 2.53. The Balaban J connectivity index is 2.17. The van der Waals surface area contributed by atoms with Crippen molar-refractivity contribution >= 4 is 27.5 Å². The van der Waals surface area contributed by atoms with E-state index in [9.17, 15) is 18.0 Å². The molecule has 23 heavy (non-hydrogen) atoms. The van der Waals surface area contributed by atoms with E-state index in [0.717, 1.165) is 0 Å². The van der Waals surface area contributed by atoms with Crippen LogP contribution >= 0.6 is 0 Å². The van der Waals surface area contributed by atoms with Crippen LogP contribution in [0.15, 0.2) is 59.5 Å². The lowest BCUT2D eigenvalue weighted by molar-refractivity contribution is -0.117. The third-order valence-corrected chi connectivity index (χ3v) is 4.25. The highest BCUT2D eigenvalue weighted by Gasteiger charge is 2.14. The first-order valence-corrected chi connectivity index (χ1v) is 8.11. The summed E-state index contributed by atoms with van der Waals surface area (Å²) in [6, 6.07) is 13.8. The molecule has 0 unspecified atom stereocenters. The summed E-state index contributed by atoms with van der Waals surface area (Å²) < 4.78 is 26.8. The van der Waals surface area contributed by atoms with Crippen molar-refractivity contribution in [2.24, 2.45) is 5.73 Å². The van der Waals surface area contributed by atoms with Crippen LogP contribution in [-0.2, 0) is 14.8 Å². The molecular weight excluding hydrogens is 318 g/mol. The monoisotopic (exact) mass is 333 g/mol. The van der Waals surface area contributed by atoms with Gasteiger partial charge in [-0.3, -0.25) is 14.3 Å². The summed E-state index contributed by atoms with van der Waals surface area (Å²) >= 11 is 0. The van der Waals surface area contributed by atoms with E-state index in [2.05, 4.69) is 10.0 Å². The molecule has 2 amide bonds. The lowest BCUT2D eigenvalue weighted by Gasteiger charge is -2.09. The van der Waals surface area contributed by atoms with Crippen LogP contribution in [0.1, 0.15) is 10.4 Å². The highest BCUT2D eigenvalue weighted by molar-refractivity contribution is 7.92. The van der Waals surface area contributed by atoms with Gasteiger partial charge in [0.25, 0.3) is 15.9 Å². The average molecular weight is 333 g/mol. The molecule has 0 saturated carbocycles. The Hall–Kier alpha value is -2.87. The standard InChI is InChI=1S/C15H15N3O4S/c16-14(19)10-17-15(20)11-5-4-6-12(9-11)18-23(21,22)13-7-2-1-3-8-13/h1-9,18H,10H2,(H2,16,19)(H,17,20). The molecule has 0 saturated heterocycles. The zero-order valence-electron chi connectivity index (χ0n) is 12.0. The van der Waals surface area contributed by atoms with Crippen LogP contribution in [0.25, 0.3) is 0 Å². The van der Waals surface area contributed by atoms with Crippen molar-refractivity contribution < 1.29 is 18.0 Å². The third-order valence-electron chi connectivity index (χ3n) is 2.85. The van der Waals surface area contributed by atoms with Crippen LogP contribution in [0, 0.1) is 0 Å². The minimum absolute atomic E-state index is 0.114. The van der Waals surface area contributed by atoms with Crippen molar-refractivity contribution in [2.75, 3.05) is 11.3 Å². The van der Waals surface area contributed by atoms with Gasteiger partial charge in [-0.1, -0.05) is 24.3 Å². The van der Waals surface area contributed by atoms with Crippen LogP contribution in [0.3, 0.4) is 0 Å². The molecular formula is C15H15N3O4S. The van der Waals surface area contributed by atoms with Gasteiger partial charge in [-0.05, 0) is 30.3 Å². The number of amides is 2. The number of nitrogens with one attached hydrogen (secondary N) is 2. The van der Waals surface area contributed by atoms with Gasteiger partial charge >= 0.3 is 0 Å². The summed E-state index contributed by atoms with van der Waals surface area (Å²) in [5.41, 5.74) is 5.40. The molecule has 0 heterocycles. The predicted octanol–water partition coefficient (Wildman–Crippen LogP) is 0.702. The SMILES string of the molecule is NC(=O)CNC(=O)c1cccc(NS(=O)(=O)c2ccccc2)c1. The Morgan fingerprint density at radius 1 is 1.00 bits per heavy atom. The zero-order valence-corrected chi connectivity index (χ0v) is 12.8. The maximum atomic E-state index is 12.2. The van der Waals surface area contributed by atoms with E-state index in [4.69, 9.17) is 5.73 Å². The van der Waals surface area contributed by atoms with Gasteiger partial charge < -0.3 is 11.1 Å². The van der Waals surface area contributed by atoms with Gasteiger partial charge in [-0.2, -0.15) is 0 Å². The van der Waals surface area contributed by atoms with E-state index < -0.39 is 21.8 Å². The van der Waals surface area contributed by atoms with Gasteiger partial charge in [0.1, 0.15) is 0 Å². The van der Waals surface area contributed by atoms with Crippen LogP contribution in [0.4, 0.5) is 5.69 Å². The van der Waals surface area contributed by atoms with Crippen LogP contribution in [-0.4, -0.2) is 26.8 Å². The molecule has 0 aliphatic heterocycles. The largest absolute Gasteiger partial charge is 0.368 e. The Morgan fingerprint density at radius 3 is 2.35 bits per heavy atom. The predicted molar refractivity (Wildman–Crippen MR) is 85.2 cm³/mol. The molecule has 120 valence electrons. The molecule has 8 heteroatoms. The van der Waals surface area contributed by atoms with Crippen LogP contribution < -0.4 is 15.8 Å². The molecule has 0 atom stereocenters. The summed E-state index contributed by atoms with van der Waals surface area (Å²) in [5.74, 6) is -1.19. The smallest absolute Gasteiger partial charge is 0.261 e. The number of nitrogens with two attached hydrogens (primary N) is 1. The number of sulfonamides is 1. The first-order chi connectivity index (χ1) is 10.9. The van der Waals surface area contributed by atoms with E-state index in [1.165, 1.54) is 36.4 Å². The van der Waals surface area contributed by atoms with E-state index in [-0.39, 0.29) is 22.7 Å². The third kappa shape index (κ3) is 4.55. The Labute approximate surface area is 133 Å². The van der Waals surface area contributed by atoms with Crippen molar-refractivity contribution in [1.82, 2.24) is 5.32 Å². The molecule has 0 aliphatic rings. The lowest BCUT2D eigenvalue weighted by Crippen LogP contribution is -2.33. The summed E-state index contributed by atoms with van der Waals surface area (Å²) in [6.07, 6.45) is 0. The topological polar surface area (TPSA) is 118 Å². The van der Waals surface area contributed by atoms with Crippen LogP contribution in [0.5, 0.6) is 0 Å². The number of rotatable bonds is 6. The number of carbonyl (C=O) groups is 2. The molecule has 0 spiro atoms. The second-order valence-electron chi connectivity index (χ2n) is 4.65. The Kier molecular flexibility index (Phi) is 4.97. The Bertz CT molecular complexity index is 820. The van der Waals surface area contributed by atoms with Crippen molar-refractivity contribution in [1.29, 1.82) is 0 Å². The molecule has 2 aromatic rings. The van der Waals surface area contributed by atoms with Crippen LogP contribution in [0.2, 0.25) is 0 Å². The Morgan fingerprint density at radius 2 is 1.70 bits per heavy atom. The molecule has 4 N–H and O–H groups in total. The molecule has 0 fully saturated rings. The summed E-state index contributed by atoms with van der Waals surface area (Å²) in [6.45, 7) is -0.293. The fraction of sp³-hybridized carbons (Fsp3) is 0.0667. The number of hydrogen-bond donors (Lipinski definition) is 3. The summed E-state index contributed by atoms with van der Waals surface area (Å²) in [7, 11) is -3.74. The van der Waals surface area contributed by atoms with Crippen molar-refractivity contribution in [3.63, 3.8) is 0 Å². The molecule has 0 aliphatic carbocycles. The van der Waals surface area contributed by atoms with Gasteiger partial charge in [0.2, 0.25) is 5.91 Å². The van der Waals surface area contributed by atoms with Gasteiger partial charge in [0.05, 0.1) is 11.4 Å². The number of carbonyl (C=O) groups excluding carboxylic acids is 2. The highest BCUT2D eigenvalue weighted by atomic mass is 32.2. The van der Waals surface area contributed by atoms with E-state index in [0.29, 0.717) is 0 Å². The fourth-order valence-corrected chi connectivity index (χ4v) is 2.88. The zero-order chi connectivity index (χ0) is 16.9. The number of primary amides is 1. The molecule has 7 nitrogen and oxygen atoms in total.